The van der Waals surface area contributed by atoms with Crippen LogP contribution in [0.2, 0.25) is 0 Å². The van der Waals surface area contributed by atoms with Crippen molar-refractivity contribution < 1.29 is 25.3 Å². The molecule has 1 aromatic rings. The molecule has 0 spiro atoms. The summed E-state index contributed by atoms with van der Waals surface area (Å²) in [6, 6.07) is 5.03. The van der Waals surface area contributed by atoms with Crippen molar-refractivity contribution in [1.29, 1.82) is 0 Å². The topological polar surface area (TPSA) is 138 Å². The quantitative estimate of drug-likeness (QED) is 0.591. The van der Waals surface area contributed by atoms with Crippen molar-refractivity contribution in [2.75, 3.05) is 39.3 Å². The maximum Gasteiger partial charge on any atom is 0.276 e. The lowest BCUT2D eigenvalue weighted by Crippen LogP contribution is -2.52. The van der Waals surface area contributed by atoms with E-state index in [1.54, 1.807) is 13.8 Å². The Morgan fingerprint density at radius 2 is 1.22 bits per heavy atom. The minimum Gasteiger partial charge on any atom is -0.216 e. The molecular weight excluding hydrogens is 416 g/mol. The second-order valence-electron chi connectivity index (χ2n) is 5.91. The molecule has 0 aromatic heterocycles. The van der Waals surface area contributed by atoms with Crippen molar-refractivity contribution in [2.45, 2.75) is 23.6 Å². The molecule has 27 heavy (non-hydrogen) atoms. The molecule has 13 heteroatoms. The second kappa shape index (κ2) is 8.11. The Labute approximate surface area is 160 Å². The van der Waals surface area contributed by atoms with Gasteiger partial charge in [0.2, 0.25) is 20.0 Å². The van der Waals surface area contributed by atoms with E-state index in [1.807, 2.05) is 0 Å². The molecule has 1 aromatic carbocycles. The number of benzene rings is 1. The molecule has 2 rings (SSSR count). The largest absolute Gasteiger partial charge is 0.276 e. The van der Waals surface area contributed by atoms with Crippen LogP contribution in [0.4, 0.5) is 0 Å². The van der Waals surface area contributed by atoms with Crippen LogP contribution < -0.4 is 5.14 Å². The highest BCUT2D eigenvalue weighted by Crippen LogP contribution is 2.22. The zero-order valence-electron chi connectivity index (χ0n) is 15.1. The molecule has 1 aliphatic rings. The monoisotopic (exact) mass is 440 g/mol. The lowest BCUT2D eigenvalue weighted by Gasteiger charge is -2.32. The summed E-state index contributed by atoms with van der Waals surface area (Å²) in [5, 5.41) is 5.05. The Morgan fingerprint density at radius 1 is 0.815 bits per heavy atom. The molecule has 0 bridgehead atoms. The van der Waals surface area contributed by atoms with Gasteiger partial charge >= 0.3 is 0 Å². The molecular formula is C14H24N4O6S3. The Hall–Kier alpha value is -1.09. The van der Waals surface area contributed by atoms with Crippen molar-refractivity contribution in [3.8, 4) is 0 Å². The van der Waals surface area contributed by atoms with Gasteiger partial charge in [0.1, 0.15) is 0 Å². The van der Waals surface area contributed by atoms with Crippen LogP contribution in [-0.4, -0.2) is 77.4 Å². The minimum absolute atomic E-state index is 0.0178. The fraction of sp³-hybridized carbons (Fsp3) is 0.571. The number of nitrogens with two attached hydrogens (primary N) is 1. The van der Waals surface area contributed by atoms with Crippen molar-refractivity contribution >= 4 is 30.3 Å². The SMILES string of the molecule is CCN(CC)S(=O)(=O)c1ccc(S(=O)(=O)N2CCN(S(N)(=O)=O)CC2)cc1. The van der Waals surface area contributed by atoms with Crippen LogP contribution in [-0.2, 0) is 30.3 Å². The van der Waals surface area contributed by atoms with Crippen molar-refractivity contribution in [3.05, 3.63) is 24.3 Å². The molecule has 154 valence electrons. The number of rotatable bonds is 7. The van der Waals surface area contributed by atoms with Gasteiger partial charge in [-0.15, -0.1) is 0 Å². The maximum atomic E-state index is 12.7. The first-order valence-corrected chi connectivity index (χ1v) is 12.7. The van der Waals surface area contributed by atoms with Crippen LogP contribution in [0.1, 0.15) is 13.8 Å². The molecule has 2 N–H and O–H groups in total. The average molecular weight is 441 g/mol. The molecule has 0 unspecified atom stereocenters. The van der Waals surface area contributed by atoms with Crippen LogP contribution in [0.15, 0.2) is 34.1 Å². The van der Waals surface area contributed by atoms with Crippen molar-refractivity contribution in [3.63, 3.8) is 0 Å². The van der Waals surface area contributed by atoms with Gasteiger partial charge in [0.05, 0.1) is 9.79 Å². The summed E-state index contributed by atoms with van der Waals surface area (Å²) in [4.78, 5) is -0.0331. The first-order chi connectivity index (χ1) is 12.4. The highest BCUT2D eigenvalue weighted by atomic mass is 32.2. The van der Waals surface area contributed by atoms with Gasteiger partial charge in [0.15, 0.2) is 0 Å². The summed E-state index contributed by atoms with van der Waals surface area (Å²) in [5.74, 6) is 0. The highest BCUT2D eigenvalue weighted by molar-refractivity contribution is 7.89. The van der Waals surface area contributed by atoms with Crippen molar-refractivity contribution in [1.82, 2.24) is 12.9 Å². The molecule has 1 fully saturated rings. The van der Waals surface area contributed by atoms with Gasteiger partial charge in [0.25, 0.3) is 10.2 Å². The van der Waals surface area contributed by atoms with Gasteiger partial charge in [-0.1, -0.05) is 13.8 Å². The number of sulfonamides is 2. The van der Waals surface area contributed by atoms with E-state index in [4.69, 9.17) is 5.14 Å². The Bertz CT molecular complexity index is 962. The summed E-state index contributed by atoms with van der Waals surface area (Å²) in [7, 11) is -11.4. The summed E-state index contributed by atoms with van der Waals surface area (Å²) in [6.45, 7) is 3.94. The van der Waals surface area contributed by atoms with E-state index in [0.29, 0.717) is 13.1 Å². The minimum atomic E-state index is -3.86. The standard InChI is InChI=1S/C14H24N4O6S3/c1-3-16(4-2)25(19,20)13-5-7-14(8-6-13)26(21,22)17-9-11-18(12-10-17)27(15,23)24/h5-8H,3-4,9-12H2,1-2H3,(H2,15,23,24). The van der Waals surface area contributed by atoms with E-state index in [0.717, 1.165) is 8.61 Å². The first kappa shape index (κ1) is 22.2. The fourth-order valence-corrected chi connectivity index (χ4v) is 6.36. The van der Waals surface area contributed by atoms with Gasteiger partial charge in [-0.2, -0.15) is 21.3 Å². The van der Waals surface area contributed by atoms with Gasteiger partial charge in [0, 0.05) is 39.3 Å². The summed E-state index contributed by atoms with van der Waals surface area (Å²) >= 11 is 0. The smallest absolute Gasteiger partial charge is 0.216 e. The molecule has 0 atom stereocenters. The lowest BCUT2D eigenvalue weighted by atomic mass is 10.4. The van der Waals surface area contributed by atoms with E-state index < -0.39 is 30.3 Å². The summed E-state index contributed by atoms with van der Waals surface area (Å²) in [6.07, 6.45) is 0. The number of nitrogens with zero attached hydrogens (tertiary/aromatic N) is 3. The Balaban J connectivity index is 2.22. The maximum absolute atomic E-state index is 12.7. The first-order valence-electron chi connectivity index (χ1n) is 8.32. The second-order valence-corrected chi connectivity index (χ2v) is 11.3. The zero-order chi connectivity index (χ0) is 20.5. The van der Waals surface area contributed by atoms with Crippen LogP contribution in [0.5, 0.6) is 0 Å². The molecule has 10 nitrogen and oxygen atoms in total. The molecule has 0 saturated carbocycles. The summed E-state index contributed by atoms with van der Waals surface area (Å²) in [5.41, 5.74) is 0. The predicted octanol–water partition coefficient (Wildman–Crippen LogP) is -0.773. The predicted molar refractivity (Wildman–Crippen MR) is 100.0 cm³/mol. The molecule has 0 radical (unpaired) electrons. The number of piperazine rings is 1. The van der Waals surface area contributed by atoms with Crippen LogP contribution in [0.25, 0.3) is 0 Å². The van der Waals surface area contributed by atoms with E-state index in [1.165, 1.54) is 28.6 Å². The lowest BCUT2D eigenvalue weighted by molar-refractivity contribution is 0.273. The number of hydrogen-bond donors (Lipinski definition) is 1. The van der Waals surface area contributed by atoms with E-state index >= 15 is 0 Å². The summed E-state index contributed by atoms with van der Waals surface area (Å²) < 4.78 is 76.5. The Morgan fingerprint density at radius 3 is 1.63 bits per heavy atom. The van der Waals surface area contributed by atoms with Crippen molar-refractivity contribution in [2.24, 2.45) is 5.14 Å². The van der Waals surface area contributed by atoms with Gasteiger partial charge in [-0.3, -0.25) is 0 Å². The third kappa shape index (κ3) is 4.67. The van der Waals surface area contributed by atoms with Crippen LogP contribution in [0.3, 0.4) is 0 Å². The van der Waals surface area contributed by atoms with Gasteiger partial charge in [-0.25, -0.2) is 22.0 Å². The van der Waals surface area contributed by atoms with Crippen LogP contribution >= 0.6 is 0 Å². The third-order valence-corrected chi connectivity index (χ3v) is 9.42. The fourth-order valence-electron chi connectivity index (χ4n) is 2.81. The van der Waals surface area contributed by atoms with Gasteiger partial charge in [-0.05, 0) is 24.3 Å². The van der Waals surface area contributed by atoms with Crippen LogP contribution in [0, 0.1) is 0 Å². The molecule has 1 aliphatic heterocycles. The molecule has 1 heterocycles. The highest BCUT2D eigenvalue weighted by Gasteiger charge is 2.32. The zero-order valence-corrected chi connectivity index (χ0v) is 17.6. The normalized spacial score (nSPS) is 18.1. The third-order valence-electron chi connectivity index (χ3n) is 4.36. The molecule has 1 saturated heterocycles. The average Bonchev–Trinajstić information content (AvgIpc) is 2.62. The van der Waals surface area contributed by atoms with E-state index in [2.05, 4.69) is 0 Å². The molecule has 0 aliphatic carbocycles. The van der Waals surface area contributed by atoms with E-state index in [-0.39, 0.29) is 36.0 Å². The number of hydrogen-bond acceptors (Lipinski definition) is 6. The van der Waals surface area contributed by atoms with Gasteiger partial charge < -0.3 is 0 Å². The Kier molecular flexibility index (Phi) is 6.67. The molecule has 0 amide bonds. The van der Waals surface area contributed by atoms with E-state index in [9.17, 15) is 25.3 Å².